The second kappa shape index (κ2) is 6.50. The number of nitrogens with zero attached hydrogens (tertiary/aromatic N) is 2. The molecule has 1 heterocycles. The lowest BCUT2D eigenvalue weighted by molar-refractivity contribution is -0.147. The minimum atomic E-state index is -0.0758. The molecular formula is C13H24N2O3. The van der Waals surface area contributed by atoms with E-state index in [0.29, 0.717) is 5.92 Å². The Hall–Kier alpha value is -0.650. The van der Waals surface area contributed by atoms with Crippen molar-refractivity contribution in [3.63, 3.8) is 0 Å². The molecule has 1 unspecified atom stereocenters. The van der Waals surface area contributed by atoms with Crippen molar-refractivity contribution < 1.29 is 14.6 Å². The third kappa shape index (κ3) is 3.43. The fourth-order valence-electron chi connectivity index (χ4n) is 2.81. The van der Waals surface area contributed by atoms with Gasteiger partial charge in [-0.2, -0.15) is 0 Å². The van der Waals surface area contributed by atoms with Gasteiger partial charge >= 0.3 is 5.97 Å². The van der Waals surface area contributed by atoms with E-state index in [2.05, 4.69) is 9.80 Å². The minimum Gasteiger partial charge on any atom is -0.468 e. The molecule has 104 valence electrons. The van der Waals surface area contributed by atoms with E-state index in [1.807, 2.05) is 0 Å². The standard InChI is InChI=1S/C13H24N2O3/c1-18-13(17)12(11-3-4-11)15-6-2-5-14(7-8-15)9-10-16/h11-12,16H,2-10H2,1H3. The first-order chi connectivity index (χ1) is 8.76. The molecule has 1 atom stereocenters. The van der Waals surface area contributed by atoms with E-state index in [9.17, 15) is 4.79 Å². The number of rotatable bonds is 5. The van der Waals surface area contributed by atoms with Crippen LogP contribution in [0, 0.1) is 5.92 Å². The maximum Gasteiger partial charge on any atom is 0.323 e. The van der Waals surface area contributed by atoms with E-state index >= 15 is 0 Å². The molecule has 18 heavy (non-hydrogen) atoms. The van der Waals surface area contributed by atoms with Gasteiger partial charge in [-0.3, -0.25) is 14.6 Å². The smallest absolute Gasteiger partial charge is 0.323 e. The molecular weight excluding hydrogens is 232 g/mol. The van der Waals surface area contributed by atoms with Crippen molar-refractivity contribution in [3.05, 3.63) is 0 Å². The van der Waals surface area contributed by atoms with E-state index in [4.69, 9.17) is 9.84 Å². The van der Waals surface area contributed by atoms with Crippen LogP contribution in [0.4, 0.5) is 0 Å². The van der Waals surface area contributed by atoms with Gasteiger partial charge in [-0.05, 0) is 31.7 Å². The number of carbonyl (C=O) groups excluding carboxylic acids is 1. The number of methoxy groups -OCH3 is 1. The summed E-state index contributed by atoms with van der Waals surface area (Å²) in [7, 11) is 1.48. The summed E-state index contributed by atoms with van der Waals surface area (Å²) >= 11 is 0. The monoisotopic (exact) mass is 256 g/mol. The molecule has 0 amide bonds. The topological polar surface area (TPSA) is 53.0 Å². The van der Waals surface area contributed by atoms with Crippen LogP contribution in [0.25, 0.3) is 0 Å². The summed E-state index contributed by atoms with van der Waals surface area (Å²) in [6, 6.07) is -0.0379. The molecule has 0 bridgehead atoms. The van der Waals surface area contributed by atoms with Crippen LogP contribution in [-0.2, 0) is 9.53 Å². The fraction of sp³-hybridized carbons (Fsp3) is 0.923. The van der Waals surface area contributed by atoms with Crippen LogP contribution >= 0.6 is 0 Å². The van der Waals surface area contributed by atoms with Crippen molar-refractivity contribution in [1.82, 2.24) is 9.80 Å². The quantitative estimate of drug-likeness (QED) is 0.698. The summed E-state index contributed by atoms with van der Waals surface area (Å²) in [5.41, 5.74) is 0. The van der Waals surface area contributed by atoms with Crippen molar-refractivity contribution in [1.29, 1.82) is 0 Å². The van der Waals surface area contributed by atoms with Crippen molar-refractivity contribution in [3.8, 4) is 0 Å². The molecule has 2 rings (SSSR count). The third-order valence-electron chi connectivity index (χ3n) is 3.94. The van der Waals surface area contributed by atoms with Crippen molar-refractivity contribution >= 4 is 5.97 Å². The Labute approximate surface area is 109 Å². The van der Waals surface area contributed by atoms with E-state index in [1.54, 1.807) is 0 Å². The highest BCUT2D eigenvalue weighted by atomic mass is 16.5. The van der Waals surface area contributed by atoms with Crippen LogP contribution < -0.4 is 0 Å². The van der Waals surface area contributed by atoms with Crippen molar-refractivity contribution in [2.75, 3.05) is 46.4 Å². The van der Waals surface area contributed by atoms with E-state index < -0.39 is 0 Å². The summed E-state index contributed by atoms with van der Waals surface area (Å²) in [5.74, 6) is 0.426. The van der Waals surface area contributed by atoms with Crippen LogP contribution in [0.15, 0.2) is 0 Å². The maximum atomic E-state index is 11.9. The molecule has 5 heteroatoms. The largest absolute Gasteiger partial charge is 0.468 e. The van der Waals surface area contributed by atoms with Gasteiger partial charge in [0.1, 0.15) is 6.04 Å². The van der Waals surface area contributed by atoms with Crippen LogP contribution in [0.1, 0.15) is 19.3 Å². The first kappa shape index (κ1) is 13.8. The first-order valence-corrected chi connectivity index (χ1v) is 6.91. The van der Waals surface area contributed by atoms with Crippen LogP contribution in [-0.4, -0.2) is 73.4 Å². The Balaban J connectivity index is 1.92. The van der Waals surface area contributed by atoms with E-state index in [0.717, 1.165) is 52.0 Å². The number of aliphatic hydroxyl groups is 1. The summed E-state index contributed by atoms with van der Waals surface area (Å²) in [5, 5.41) is 8.98. The second-order valence-electron chi connectivity index (χ2n) is 5.26. The Kier molecular flexibility index (Phi) is 4.97. The maximum absolute atomic E-state index is 11.9. The normalized spacial score (nSPS) is 24.6. The summed E-state index contributed by atoms with van der Waals surface area (Å²) in [4.78, 5) is 16.4. The first-order valence-electron chi connectivity index (χ1n) is 6.91. The zero-order chi connectivity index (χ0) is 13.0. The number of ether oxygens (including phenoxy) is 1. The number of esters is 1. The molecule has 5 nitrogen and oxygen atoms in total. The predicted octanol–water partition coefficient (Wildman–Crippen LogP) is -0.0620. The SMILES string of the molecule is COC(=O)C(C1CC1)N1CCCN(CCO)CC1. The van der Waals surface area contributed by atoms with E-state index in [1.165, 1.54) is 7.11 Å². The minimum absolute atomic E-state index is 0.0379. The Morgan fingerprint density at radius 2 is 2.11 bits per heavy atom. The number of aliphatic hydroxyl groups excluding tert-OH is 1. The molecule has 0 aromatic carbocycles. The lowest BCUT2D eigenvalue weighted by Gasteiger charge is -2.28. The van der Waals surface area contributed by atoms with E-state index in [-0.39, 0.29) is 18.6 Å². The third-order valence-corrected chi connectivity index (χ3v) is 3.94. The van der Waals surface area contributed by atoms with Gasteiger partial charge in [0, 0.05) is 26.2 Å². The Morgan fingerprint density at radius 3 is 2.72 bits per heavy atom. The fourth-order valence-corrected chi connectivity index (χ4v) is 2.81. The second-order valence-corrected chi connectivity index (χ2v) is 5.26. The van der Waals surface area contributed by atoms with Gasteiger partial charge in [-0.15, -0.1) is 0 Å². The molecule has 1 N–H and O–H groups in total. The average molecular weight is 256 g/mol. The Morgan fingerprint density at radius 1 is 1.33 bits per heavy atom. The predicted molar refractivity (Wildman–Crippen MR) is 68.2 cm³/mol. The van der Waals surface area contributed by atoms with Gasteiger partial charge in [0.2, 0.25) is 0 Å². The van der Waals surface area contributed by atoms with Crippen molar-refractivity contribution in [2.45, 2.75) is 25.3 Å². The molecule has 1 saturated carbocycles. The summed E-state index contributed by atoms with van der Waals surface area (Å²) < 4.78 is 4.95. The molecule has 2 aliphatic rings. The summed E-state index contributed by atoms with van der Waals surface area (Å²) in [6.45, 7) is 4.74. The van der Waals surface area contributed by atoms with Crippen LogP contribution in [0.3, 0.4) is 0 Å². The zero-order valence-electron chi connectivity index (χ0n) is 11.2. The van der Waals surface area contributed by atoms with Gasteiger partial charge in [0.05, 0.1) is 13.7 Å². The van der Waals surface area contributed by atoms with Crippen molar-refractivity contribution in [2.24, 2.45) is 5.92 Å². The molecule has 1 aliphatic carbocycles. The number of hydrogen-bond donors (Lipinski definition) is 1. The molecule has 0 aromatic rings. The van der Waals surface area contributed by atoms with Gasteiger partial charge in [-0.25, -0.2) is 0 Å². The highest BCUT2D eigenvalue weighted by Gasteiger charge is 2.41. The molecule has 1 saturated heterocycles. The highest BCUT2D eigenvalue weighted by Crippen LogP contribution is 2.36. The van der Waals surface area contributed by atoms with Crippen LogP contribution in [0.5, 0.6) is 0 Å². The molecule has 0 radical (unpaired) electrons. The number of carbonyl (C=O) groups is 1. The molecule has 0 aromatic heterocycles. The van der Waals surface area contributed by atoms with Gasteiger partial charge in [0.25, 0.3) is 0 Å². The number of β-amino-alcohol motifs (C(OH)–C–C–N with tert-alkyl or cyclic N) is 1. The van der Waals surface area contributed by atoms with Crippen LogP contribution in [0.2, 0.25) is 0 Å². The average Bonchev–Trinajstić information content (AvgIpc) is 3.19. The highest BCUT2D eigenvalue weighted by molar-refractivity contribution is 5.76. The van der Waals surface area contributed by atoms with Gasteiger partial charge in [0.15, 0.2) is 0 Å². The molecule has 0 spiro atoms. The van der Waals surface area contributed by atoms with Gasteiger partial charge in [-0.1, -0.05) is 0 Å². The Bertz CT molecular complexity index is 281. The summed E-state index contributed by atoms with van der Waals surface area (Å²) in [6.07, 6.45) is 3.35. The number of hydrogen-bond acceptors (Lipinski definition) is 5. The van der Waals surface area contributed by atoms with Gasteiger partial charge < -0.3 is 9.84 Å². The molecule has 2 fully saturated rings. The lowest BCUT2D eigenvalue weighted by atomic mass is 10.1. The molecule has 1 aliphatic heterocycles. The lowest BCUT2D eigenvalue weighted by Crippen LogP contribution is -2.45. The zero-order valence-corrected chi connectivity index (χ0v) is 11.2.